The molecule has 0 radical (unpaired) electrons. The van der Waals surface area contributed by atoms with Gasteiger partial charge in [0.25, 0.3) is 0 Å². The van der Waals surface area contributed by atoms with Gasteiger partial charge in [0, 0.05) is 0 Å². The summed E-state index contributed by atoms with van der Waals surface area (Å²) in [7, 11) is 1.69. The van der Waals surface area contributed by atoms with Crippen LogP contribution in [0.25, 0.3) is 0 Å². The predicted octanol–water partition coefficient (Wildman–Crippen LogP) is 0.800. The second-order valence-corrected chi connectivity index (χ2v) is 4.11. The molecular weight excluding hydrogens is 150 g/mol. The van der Waals surface area contributed by atoms with Gasteiger partial charge in [0.1, 0.15) is 4.87 Å². The fourth-order valence-corrected chi connectivity index (χ4v) is 1.16. The largest absolute Gasteiger partial charge is 0.305 e. The molecule has 3 nitrogen and oxygen atoms in total. The molecule has 0 bridgehead atoms. The maximum absolute atomic E-state index is 10.7. The Hall–Kier alpha value is 0.0700. The highest BCUT2D eigenvalue weighted by molar-refractivity contribution is 7.80. The third kappa shape index (κ3) is 1.78. The van der Waals surface area contributed by atoms with Crippen LogP contribution in [0.4, 0.5) is 0 Å². The lowest BCUT2D eigenvalue weighted by atomic mass is 10.1. The van der Waals surface area contributed by atoms with Crippen LogP contribution in [-0.2, 0) is 11.1 Å². The lowest BCUT2D eigenvalue weighted by Crippen LogP contribution is -2.48. The summed E-state index contributed by atoms with van der Waals surface area (Å²) in [5.74, 6) is 0.142. The SMILES string of the molecule is CNC(C)(C(C)C)S(=O)O. The number of hydrogen-bond acceptors (Lipinski definition) is 2. The first-order valence-corrected chi connectivity index (χ1v) is 4.35. The van der Waals surface area contributed by atoms with Crippen LogP contribution in [0.5, 0.6) is 0 Å². The average molecular weight is 165 g/mol. The van der Waals surface area contributed by atoms with Gasteiger partial charge >= 0.3 is 0 Å². The van der Waals surface area contributed by atoms with Crippen LogP contribution >= 0.6 is 0 Å². The Labute approximate surface area is 64.5 Å². The van der Waals surface area contributed by atoms with Gasteiger partial charge in [-0.3, -0.25) is 0 Å². The number of hydrogen-bond donors (Lipinski definition) is 2. The van der Waals surface area contributed by atoms with E-state index in [2.05, 4.69) is 5.32 Å². The molecule has 0 rings (SSSR count). The van der Waals surface area contributed by atoms with Crippen molar-refractivity contribution >= 4 is 11.1 Å². The summed E-state index contributed by atoms with van der Waals surface area (Å²) in [4.78, 5) is -0.681. The first-order chi connectivity index (χ1) is 4.45. The highest BCUT2D eigenvalue weighted by Gasteiger charge is 2.32. The van der Waals surface area contributed by atoms with E-state index in [0.717, 1.165) is 0 Å². The van der Waals surface area contributed by atoms with Gasteiger partial charge in [-0.15, -0.1) is 0 Å². The molecule has 62 valence electrons. The van der Waals surface area contributed by atoms with Gasteiger partial charge < -0.3 is 9.87 Å². The molecule has 0 saturated heterocycles. The van der Waals surface area contributed by atoms with E-state index < -0.39 is 16.0 Å². The lowest BCUT2D eigenvalue weighted by Gasteiger charge is -2.28. The van der Waals surface area contributed by atoms with Gasteiger partial charge in [-0.2, -0.15) is 0 Å². The third-order valence-electron chi connectivity index (χ3n) is 1.96. The van der Waals surface area contributed by atoms with Gasteiger partial charge in [-0.1, -0.05) is 13.8 Å². The van der Waals surface area contributed by atoms with E-state index in [-0.39, 0.29) is 5.92 Å². The van der Waals surface area contributed by atoms with Crippen LogP contribution in [0, 0.1) is 5.92 Å². The first kappa shape index (κ1) is 10.1. The first-order valence-electron chi connectivity index (χ1n) is 3.25. The molecule has 0 saturated carbocycles. The Kier molecular flexibility index (Phi) is 3.48. The molecule has 2 N–H and O–H groups in total. The summed E-state index contributed by atoms with van der Waals surface area (Å²) in [5.41, 5.74) is 0. The Morgan fingerprint density at radius 2 is 2.00 bits per heavy atom. The molecule has 0 spiro atoms. The number of rotatable bonds is 3. The van der Waals surface area contributed by atoms with E-state index in [9.17, 15) is 4.21 Å². The van der Waals surface area contributed by atoms with Crippen molar-refractivity contribution in [1.29, 1.82) is 0 Å². The van der Waals surface area contributed by atoms with Gasteiger partial charge in [0.2, 0.25) is 0 Å². The molecule has 0 aliphatic carbocycles. The Bertz CT molecular complexity index is 138. The fraction of sp³-hybridized carbons (Fsp3) is 1.00. The smallest absolute Gasteiger partial charge is 0.173 e. The minimum Gasteiger partial charge on any atom is -0.305 e. The van der Waals surface area contributed by atoms with Gasteiger partial charge in [0.15, 0.2) is 11.1 Å². The normalized spacial score (nSPS) is 20.6. The zero-order valence-corrected chi connectivity index (χ0v) is 7.66. The van der Waals surface area contributed by atoms with Crippen LogP contribution < -0.4 is 5.32 Å². The van der Waals surface area contributed by atoms with Crippen LogP contribution in [0.15, 0.2) is 0 Å². The lowest BCUT2D eigenvalue weighted by molar-refractivity contribution is 0.371. The predicted molar refractivity (Wildman–Crippen MR) is 43.1 cm³/mol. The van der Waals surface area contributed by atoms with Crippen molar-refractivity contribution in [3.05, 3.63) is 0 Å². The zero-order chi connectivity index (χ0) is 8.36. The van der Waals surface area contributed by atoms with E-state index in [1.54, 1.807) is 14.0 Å². The van der Waals surface area contributed by atoms with Gasteiger partial charge in [-0.05, 0) is 19.9 Å². The molecule has 0 aromatic rings. The average Bonchev–Trinajstić information content (AvgIpc) is 1.85. The molecule has 4 heteroatoms. The standard InChI is InChI=1S/C6H15NO2S/c1-5(2)6(3,7-4)10(8)9/h5,7H,1-4H3,(H,8,9). The van der Waals surface area contributed by atoms with Crippen LogP contribution in [0.1, 0.15) is 20.8 Å². The highest BCUT2D eigenvalue weighted by atomic mass is 32.2. The van der Waals surface area contributed by atoms with E-state index in [4.69, 9.17) is 4.55 Å². The van der Waals surface area contributed by atoms with Crippen LogP contribution in [0.2, 0.25) is 0 Å². The molecule has 0 fully saturated rings. The van der Waals surface area contributed by atoms with Crippen molar-refractivity contribution in [1.82, 2.24) is 5.32 Å². The minimum atomic E-state index is -1.81. The molecule has 0 amide bonds. The Balaban J connectivity index is 4.38. The van der Waals surface area contributed by atoms with Crippen molar-refractivity contribution in [2.24, 2.45) is 5.92 Å². The molecule has 0 aliphatic heterocycles. The third-order valence-corrected chi connectivity index (χ3v) is 3.36. The summed E-state index contributed by atoms with van der Waals surface area (Å²) in [6, 6.07) is 0. The van der Waals surface area contributed by atoms with Crippen molar-refractivity contribution in [3.8, 4) is 0 Å². The maximum atomic E-state index is 10.7. The molecule has 2 atom stereocenters. The van der Waals surface area contributed by atoms with Crippen molar-refractivity contribution in [2.45, 2.75) is 25.6 Å². The molecule has 0 aromatic heterocycles. The van der Waals surface area contributed by atoms with E-state index in [1.165, 1.54) is 0 Å². The summed E-state index contributed by atoms with van der Waals surface area (Å²) < 4.78 is 19.6. The van der Waals surface area contributed by atoms with Gasteiger partial charge in [0.05, 0.1) is 0 Å². The van der Waals surface area contributed by atoms with Crippen molar-refractivity contribution in [3.63, 3.8) is 0 Å². The molecule has 10 heavy (non-hydrogen) atoms. The van der Waals surface area contributed by atoms with Crippen molar-refractivity contribution < 1.29 is 8.76 Å². The molecule has 2 unspecified atom stereocenters. The Morgan fingerprint density at radius 3 is 2.00 bits per heavy atom. The monoisotopic (exact) mass is 165 g/mol. The minimum absolute atomic E-state index is 0.142. The summed E-state index contributed by atoms with van der Waals surface area (Å²) in [6.45, 7) is 5.54. The topological polar surface area (TPSA) is 49.3 Å². The summed E-state index contributed by atoms with van der Waals surface area (Å²) in [5, 5.41) is 2.83. The van der Waals surface area contributed by atoms with E-state index in [1.807, 2.05) is 13.8 Å². The number of nitrogens with one attached hydrogen (secondary N) is 1. The molecule has 0 heterocycles. The van der Waals surface area contributed by atoms with Crippen LogP contribution in [0.3, 0.4) is 0 Å². The van der Waals surface area contributed by atoms with Gasteiger partial charge in [-0.25, -0.2) is 4.21 Å². The maximum Gasteiger partial charge on any atom is 0.173 e. The zero-order valence-electron chi connectivity index (χ0n) is 6.84. The summed E-state index contributed by atoms with van der Waals surface area (Å²) >= 11 is -1.81. The second-order valence-electron chi connectivity index (χ2n) is 2.76. The molecular formula is C6H15NO2S. The van der Waals surface area contributed by atoms with E-state index in [0.29, 0.717) is 0 Å². The van der Waals surface area contributed by atoms with Crippen LogP contribution in [-0.4, -0.2) is 20.7 Å². The highest BCUT2D eigenvalue weighted by Crippen LogP contribution is 2.18. The molecule has 0 aromatic carbocycles. The van der Waals surface area contributed by atoms with E-state index >= 15 is 0 Å². The fourth-order valence-electron chi connectivity index (χ4n) is 0.578. The quantitative estimate of drug-likeness (QED) is 0.608. The Morgan fingerprint density at radius 1 is 1.60 bits per heavy atom. The summed E-state index contributed by atoms with van der Waals surface area (Å²) in [6.07, 6.45) is 0. The van der Waals surface area contributed by atoms with Crippen molar-refractivity contribution in [2.75, 3.05) is 7.05 Å². The second kappa shape index (κ2) is 3.46. The molecule has 0 aliphatic rings.